The first-order chi connectivity index (χ1) is 11.6. The van der Waals surface area contributed by atoms with E-state index < -0.39 is 0 Å². The lowest BCUT2D eigenvalue weighted by Crippen LogP contribution is -2.36. The third kappa shape index (κ3) is 2.98. The molecular weight excluding hydrogens is 302 g/mol. The van der Waals surface area contributed by atoms with Crippen molar-refractivity contribution < 1.29 is 4.79 Å². The van der Waals surface area contributed by atoms with Crippen molar-refractivity contribution in [3.63, 3.8) is 0 Å². The zero-order chi connectivity index (χ0) is 16.7. The van der Waals surface area contributed by atoms with Crippen molar-refractivity contribution in [1.82, 2.24) is 24.6 Å². The van der Waals surface area contributed by atoms with Crippen LogP contribution in [0.15, 0.2) is 24.8 Å². The molecule has 0 aromatic carbocycles. The number of hydrogen-bond donors (Lipinski definition) is 1. The van der Waals surface area contributed by atoms with Gasteiger partial charge in [0.2, 0.25) is 0 Å². The highest BCUT2D eigenvalue weighted by molar-refractivity contribution is 6.00. The van der Waals surface area contributed by atoms with E-state index >= 15 is 0 Å². The summed E-state index contributed by atoms with van der Waals surface area (Å²) in [5.41, 5.74) is 2.66. The third-order valence-corrected chi connectivity index (χ3v) is 5.08. The SMILES string of the molecule is CC1CN(C(=O)c2c[nH]cc2-c2cnn(C)c2)CCN(C2CC2)C1. The Labute approximate surface area is 142 Å². The van der Waals surface area contributed by atoms with E-state index in [4.69, 9.17) is 0 Å². The second-order valence-electron chi connectivity index (χ2n) is 7.27. The molecular formula is C18H25N5O. The Balaban J connectivity index is 1.54. The molecule has 4 rings (SSSR count). The van der Waals surface area contributed by atoms with E-state index in [0.717, 1.165) is 48.9 Å². The Morgan fingerprint density at radius 3 is 2.79 bits per heavy atom. The number of nitrogens with one attached hydrogen (secondary N) is 1. The largest absolute Gasteiger partial charge is 0.366 e. The van der Waals surface area contributed by atoms with Crippen LogP contribution in [0.4, 0.5) is 0 Å². The second-order valence-corrected chi connectivity index (χ2v) is 7.27. The minimum Gasteiger partial charge on any atom is -0.366 e. The van der Waals surface area contributed by atoms with Crippen LogP contribution in [0.2, 0.25) is 0 Å². The van der Waals surface area contributed by atoms with Gasteiger partial charge in [-0.05, 0) is 18.8 Å². The van der Waals surface area contributed by atoms with Crippen molar-refractivity contribution in [2.24, 2.45) is 13.0 Å². The molecule has 6 heteroatoms. The van der Waals surface area contributed by atoms with Crippen LogP contribution in [-0.4, -0.2) is 62.7 Å². The first-order valence-corrected chi connectivity index (χ1v) is 8.81. The fourth-order valence-corrected chi connectivity index (χ4v) is 3.73. The van der Waals surface area contributed by atoms with E-state index in [1.807, 2.05) is 30.5 Å². The standard InChI is InChI=1S/C18H25N5O/c1-13-10-22(15-3-4-15)5-6-23(11-13)18(24)17-9-19-8-16(17)14-7-20-21(2)12-14/h7-9,12-13,15,19H,3-6,10-11H2,1-2H3. The number of H-pyrrole nitrogens is 1. The highest BCUT2D eigenvalue weighted by Crippen LogP contribution is 2.29. The van der Waals surface area contributed by atoms with Crippen LogP contribution in [0.25, 0.3) is 11.1 Å². The third-order valence-electron chi connectivity index (χ3n) is 5.08. The minimum atomic E-state index is 0.125. The molecule has 1 amide bonds. The number of hydrogen-bond acceptors (Lipinski definition) is 3. The summed E-state index contributed by atoms with van der Waals surface area (Å²) in [6, 6.07) is 0.765. The summed E-state index contributed by atoms with van der Waals surface area (Å²) in [5, 5.41) is 4.22. The lowest BCUT2D eigenvalue weighted by Gasteiger charge is -2.22. The lowest BCUT2D eigenvalue weighted by atomic mass is 10.1. The van der Waals surface area contributed by atoms with Crippen LogP contribution in [-0.2, 0) is 7.05 Å². The molecule has 1 aliphatic carbocycles. The summed E-state index contributed by atoms with van der Waals surface area (Å²) in [7, 11) is 1.89. The van der Waals surface area contributed by atoms with Gasteiger partial charge in [0.05, 0.1) is 11.8 Å². The minimum absolute atomic E-state index is 0.125. The molecule has 1 aliphatic heterocycles. The van der Waals surface area contributed by atoms with Gasteiger partial charge < -0.3 is 9.88 Å². The van der Waals surface area contributed by atoms with E-state index in [2.05, 4.69) is 21.9 Å². The summed E-state index contributed by atoms with van der Waals surface area (Å²) in [5.74, 6) is 0.637. The van der Waals surface area contributed by atoms with Crippen LogP contribution in [0.3, 0.4) is 0 Å². The fourth-order valence-electron chi connectivity index (χ4n) is 3.73. The normalized spacial score (nSPS) is 22.6. The van der Waals surface area contributed by atoms with Crippen molar-refractivity contribution in [2.75, 3.05) is 26.2 Å². The summed E-state index contributed by atoms with van der Waals surface area (Å²) < 4.78 is 1.76. The monoisotopic (exact) mass is 327 g/mol. The van der Waals surface area contributed by atoms with Gasteiger partial charge >= 0.3 is 0 Å². The van der Waals surface area contributed by atoms with Gasteiger partial charge in [-0.1, -0.05) is 6.92 Å². The molecule has 0 spiro atoms. The Kier molecular flexibility index (Phi) is 3.92. The van der Waals surface area contributed by atoms with Crippen molar-refractivity contribution in [3.05, 3.63) is 30.4 Å². The first-order valence-electron chi connectivity index (χ1n) is 8.81. The maximum atomic E-state index is 13.1. The molecule has 2 aromatic heterocycles. The van der Waals surface area contributed by atoms with E-state index in [1.165, 1.54) is 12.8 Å². The number of rotatable bonds is 3. The van der Waals surface area contributed by atoms with Gasteiger partial charge in [-0.25, -0.2) is 0 Å². The van der Waals surface area contributed by atoms with Crippen LogP contribution in [0, 0.1) is 5.92 Å². The molecule has 1 atom stereocenters. The van der Waals surface area contributed by atoms with Gasteiger partial charge in [-0.15, -0.1) is 0 Å². The average molecular weight is 327 g/mol. The van der Waals surface area contributed by atoms with Gasteiger partial charge in [0, 0.05) is 69.0 Å². The maximum Gasteiger partial charge on any atom is 0.256 e. The number of amides is 1. The number of aromatic amines is 1. The molecule has 1 unspecified atom stereocenters. The summed E-state index contributed by atoms with van der Waals surface area (Å²) in [4.78, 5) is 20.8. The molecule has 2 aromatic rings. The van der Waals surface area contributed by atoms with Crippen molar-refractivity contribution in [2.45, 2.75) is 25.8 Å². The molecule has 128 valence electrons. The zero-order valence-corrected chi connectivity index (χ0v) is 14.4. The van der Waals surface area contributed by atoms with E-state index in [0.29, 0.717) is 5.92 Å². The van der Waals surface area contributed by atoms with E-state index in [9.17, 15) is 4.79 Å². The zero-order valence-electron chi connectivity index (χ0n) is 14.4. The van der Waals surface area contributed by atoms with Crippen LogP contribution in [0.5, 0.6) is 0 Å². The number of carbonyl (C=O) groups is 1. The van der Waals surface area contributed by atoms with Crippen LogP contribution < -0.4 is 0 Å². The quantitative estimate of drug-likeness (QED) is 0.938. The van der Waals surface area contributed by atoms with Gasteiger partial charge in [-0.3, -0.25) is 14.4 Å². The van der Waals surface area contributed by atoms with E-state index in [1.54, 1.807) is 10.9 Å². The average Bonchev–Trinajstić information content (AvgIpc) is 3.19. The molecule has 6 nitrogen and oxygen atoms in total. The predicted octanol–water partition coefficient (Wildman–Crippen LogP) is 1.97. The number of carbonyl (C=O) groups excluding carboxylic acids is 1. The molecule has 2 aliphatic rings. The molecule has 0 radical (unpaired) electrons. The highest BCUT2D eigenvalue weighted by Gasteiger charge is 2.33. The Bertz CT molecular complexity index is 729. The van der Waals surface area contributed by atoms with Gasteiger partial charge in [0.25, 0.3) is 5.91 Å². The molecule has 3 heterocycles. The topological polar surface area (TPSA) is 57.2 Å². The Morgan fingerprint density at radius 2 is 2.08 bits per heavy atom. The van der Waals surface area contributed by atoms with Gasteiger partial charge in [0.1, 0.15) is 0 Å². The van der Waals surface area contributed by atoms with Crippen LogP contribution in [0.1, 0.15) is 30.1 Å². The summed E-state index contributed by atoms with van der Waals surface area (Å²) >= 11 is 0. The van der Waals surface area contributed by atoms with Gasteiger partial charge in [-0.2, -0.15) is 5.10 Å². The highest BCUT2D eigenvalue weighted by atomic mass is 16.2. The number of aryl methyl sites for hydroxylation is 1. The summed E-state index contributed by atoms with van der Waals surface area (Å²) in [6.45, 7) is 6.00. The molecule has 24 heavy (non-hydrogen) atoms. The summed E-state index contributed by atoms with van der Waals surface area (Å²) in [6.07, 6.45) is 10.1. The molecule has 1 saturated heterocycles. The predicted molar refractivity (Wildman–Crippen MR) is 92.7 cm³/mol. The van der Waals surface area contributed by atoms with Crippen molar-refractivity contribution in [1.29, 1.82) is 0 Å². The fraction of sp³-hybridized carbons (Fsp3) is 0.556. The lowest BCUT2D eigenvalue weighted by molar-refractivity contribution is 0.0749. The molecule has 1 N–H and O–H groups in total. The second kappa shape index (κ2) is 6.09. The number of aromatic nitrogens is 3. The van der Waals surface area contributed by atoms with Crippen molar-refractivity contribution >= 4 is 5.91 Å². The van der Waals surface area contributed by atoms with Gasteiger partial charge in [0.15, 0.2) is 0 Å². The molecule has 0 bridgehead atoms. The first kappa shape index (κ1) is 15.4. The van der Waals surface area contributed by atoms with Crippen LogP contribution >= 0.6 is 0 Å². The maximum absolute atomic E-state index is 13.1. The Hall–Kier alpha value is -2.08. The molecule has 2 fully saturated rings. The van der Waals surface area contributed by atoms with Crippen molar-refractivity contribution in [3.8, 4) is 11.1 Å². The van der Waals surface area contributed by atoms with E-state index in [-0.39, 0.29) is 5.91 Å². The Morgan fingerprint density at radius 1 is 1.25 bits per heavy atom. The molecule has 1 saturated carbocycles. The number of nitrogens with zero attached hydrogens (tertiary/aromatic N) is 4. The smallest absolute Gasteiger partial charge is 0.256 e.